The number of imidazole rings is 1. The van der Waals surface area contributed by atoms with Crippen LogP contribution >= 0.6 is 0 Å². The van der Waals surface area contributed by atoms with Gasteiger partial charge in [-0.25, -0.2) is 4.98 Å². The minimum absolute atomic E-state index is 0.277. The van der Waals surface area contributed by atoms with Crippen LogP contribution in [0.25, 0.3) is 11.0 Å². The van der Waals surface area contributed by atoms with Crippen LogP contribution in [0.15, 0.2) is 24.3 Å². The van der Waals surface area contributed by atoms with E-state index in [0.29, 0.717) is 0 Å². The van der Waals surface area contributed by atoms with E-state index in [1.54, 1.807) is 6.07 Å². The number of aromatic nitrogens is 2. The Balaban J connectivity index is 2.88. The van der Waals surface area contributed by atoms with Crippen LogP contribution in [-0.2, 0) is 0 Å². The average molecular weight is 133 g/mol. The smallest absolute Gasteiger partial charge is 0.0875 e. The molecule has 0 aliphatic carbocycles. The first-order valence-electron chi connectivity index (χ1n) is 2.98. The van der Waals surface area contributed by atoms with Gasteiger partial charge in [0.15, 0.2) is 0 Å². The van der Waals surface area contributed by atoms with Gasteiger partial charge in [0, 0.05) is 0 Å². The van der Waals surface area contributed by atoms with Crippen LogP contribution in [0.4, 0.5) is 0 Å². The van der Waals surface area contributed by atoms with Gasteiger partial charge in [-0.05, 0) is 12.1 Å². The third kappa shape index (κ3) is 0.639. The van der Waals surface area contributed by atoms with Crippen LogP contribution in [0.5, 0.6) is 6.01 Å². The molecule has 0 bridgehead atoms. The predicted molar refractivity (Wildman–Crippen MR) is 35.5 cm³/mol. The Morgan fingerprint density at radius 3 is 2.90 bits per heavy atom. The molecule has 0 saturated carbocycles. The fourth-order valence-electron chi connectivity index (χ4n) is 0.929. The highest BCUT2D eigenvalue weighted by Gasteiger charge is 1.91. The van der Waals surface area contributed by atoms with E-state index < -0.39 is 0 Å². The topological polar surface area (TPSA) is 51.7 Å². The molecule has 0 spiro atoms. The Bertz CT molecular complexity index is 320. The lowest BCUT2D eigenvalue weighted by atomic mass is 10.3. The van der Waals surface area contributed by atoms with E-state index in [2.05, 4.69) is 9.97 Å². The normalized spacial score (nSPS) is 10.4. The Morgan fingerprint density at radius 2 is 2.10 bits per heavy atom. The van der Waals surface area contributed by atoms with Gasteiger partial charge in [-0.1, -0.05) is 12.1 Å². The van der Waals surface area contributed by atoms with Crippen LogP contribution in [-0.4, -0.2) is 9.97 Å². The molecule has 1 heterocycles. The molecule has 2 aromatic rings. The molecule has 0 amide bonds. The van der Waals surface area contributed by atoms with Crippen LogP contribution < -0.4 is 5.11 Å². The van der Waals surface area contributed by atoms with Crippen molar-refractivity contribution in [2.24, 2.45) is 0 Å². The standard InChI is InChI=1S/C7H6N2O/c10-7-8-5-3-1-2-4-6(5)9-7/h1-4H,(H2,8,9,10)/p-1. The molecule has 1 N–H and O–H groups in total. The maximum Gasteiger partial charge on any atom is 0.0875 e. The Kier molecular flexibility index (Phi) is 0.917. The van der Waals surface area contributed by atoms with E-state index in [4.69, 9.17) is 0 Å². The largest absolute Gasteiger partial charge is 0.846 e. The summed E-state index contributed by atoms with van der Waals surface area (Å²) in [6.07, 6.45) is 0. The van der Waals surface area contributed by atoms with Crippen LogP contribution in [0.2, 0.25) is 0 Å². The van der Waals surface area contributed by atoms with E-state index >= 15 is 0 Å². The van der Waals surface area contributed by atoms with E-state index in [9.17, 15) is 5.11 Å². The summed E-state index contributed by atoms with van der Waals surface area (Å²) in [4.78, 5) is 6.29. The number of benzene rings is 1. The third-order valence-corrected chi connectivity index (χ3v) is 1.37. The SMILES string of the molecule is [O-]c1nc2ccccc2[nH]1. The van der Waals surface area contributed by atoms with E-state index in [0.717, 1.165) is 11.0 Å². The van der Waals surface area contributed by atoms with Gasteiger partial charge in [-0.15, -0.1) is 0 Å². The quantitative estimate of drug-likeness (QED) is 0.573. The molecular weight excluding hydrogens is 128 g/mol. The summed E-state index contributed by atoms with van der Waals surface area (Å²) in [5.74, 6) is 0. The maximum atomic E-state index is 10.6. The number of nitrogens with zero attached hydrogens (tertiary/aromatic N) is 1. The minimum atomic E-state index is -0.277. The third-order valence-electron chi connectivity index (χ3n) is 1.37. The Labute approximate surface area is 57.3 Å². The summed E-state index contributed by atoms with van der Waals surface area (Å²) in [5.41, 5.74) is 1.53. The summed E-state index contributed by atoms with van der Waals surface area (Å²) in [6, 6.07) is 7.06. The molecule has 50 valence electrons. The van der Waals surface area contributed by atoms with Crippen molar-refractivity contribution in [2.45, 2.75) is 0 Å². The second-order valence-electron chi connectivity index (χ2n) is 2.06. The van der Waals surface area contributed by atoms with Crippen molar-refractivity contribution in [1.82, 2.24) is 9.97 Å². The molecule has 2 rings (SSSR count). The average Bonchev–Trinajstić information content (AvgIpc) is 2.27. The maximum absolute atomic E-state index is 10.6. The number of fused-ring (bicyclic) bond motifs is 1. The van der Waals surface area contributed by atoms with Gasteiger partial charge >= 0.3 is 0 Å². The molecule has 0 unspecified atom stereocenters. The fraction of sp³-hybridized carbons (Fsp3) is 0. The van der Waals surface area contributed by atoms with Gasteiger partial charge in [0.25, 0.3) is 0 Å². The molecule has 1 aromatic heterocycles. The lowest BCUT2D eigenvalue weighted by molar-refractivity contribution is -0.280. The zero-order valence-corrected chi connectivity index (χ0v) is 5.16. The van der Waals surface area contributed by atoms with Crippen molar-refractivity contribution in [3.63, 3.8) is 0 Å². The van der Waals surface area contributed by atoms with Crippen molar-refractivity contribution < 1.29 is 5.11 Å². The molecule has 1 aromatic carbocycles. The zero-order chi connectivity index (χ0) is 6.97. The number of hydrogen-bond acceptors (Lipinski definition) is 2. The molecule has 0 atom stereocenters. The van der Waals surface area contributed by atoms with E-state index in [1.165, 1.54) is 0 Å². The molecule has 0 saturated heterocycles. The Hall–Kier alpha value is -1.51. The minimum Gasteiger partial charge on any atom is -0.846 e. The summed E-state index contributed by atoms with van der Waals surface area (Å²) in [7, 11) is 0. The number of nitrogens with one attached hydrogen (secondary N) is 1. The van der Waals surface area contributed by atoms with Gasteiger partial charge in [0.2, 0.25) is 0 Å². The van der Waals surface area contributed by atoms with E-state index in [1.807, 2.05) is 18.2 Å². The molecule has 0 radical (unpaired) electrons. The van der Waals surface area contributed by atoms with Crippen molar-refractivity contribution >= 4 is 11.0 Å². The van der Waals surface area contributed by atoms with Crippen molar-refractivity contribution in [3.8, 4) is 6.01 Å². The summed E-state index contributed by atoms with van der Waals surface area (Å²) in [5, 5.41) is 10.6. The Morgan fingerprint density at radius 1 is 1.30 bits per heavy atom. The number of para-hydroxylation sites is 2. The van der Waals surface area contributed by atoms with Gasteiger partial charge in [-0.2, -0.15) is 0 Å². The van der Waals surface area contributed by atoms with E-state index in [-0.39, 0.29) is 6.01 Å². The first kappa shape index (κ1) is 5.29. The predicted octanol–water partition coefficient (Wildman–Crippen LogP) is 0.636. The molecule has 10 heavy (non-hydrogen) atoms. The van der Waals surface area contributed by atoms with Gasteiger partial charge in [0.05, 0.1) is 17.0 Å². The molecule has 3 nitrogen and oxygen atoms in total. The highest BCUT2D eigenvalue weighted by atomic mass is 16.3. The fourth-order valence-corrected chi connectivity index (χ4v) is 0.929. The zero-order valence-electron chi connectivity index (χ0n) is 5.16. The summed E-state index contributed by atoms with van der Waals surface area (Å²) in [6.45, 7) is 0. The number of rotatable bonds is 0. The second-order valence-corrected chi connectivity index (χ2v) is 2.06. The molecule has 0 fully saturated rings. The number of H-pyrrole nitrogens is 1. The monoisotopic (exact) mass is 133 g/mol. The van der Waals surface area contributed by atoms with Gasteiger partial charge in [-0.3, -0.25) is 0 Å². The second kappa shape index (κ2) is 1.73. The lowest BCUT2D eigenvalue weighted by Crippen LogP contribution is -1.89. The van der Waals surface area contributed by atoms with Gasteiger partial charge < -0.3 is 10.1 Å². The lowest BCUT2D eigenvalue weighted by Gasteiger charge is -1.90. The highest BCUT2D eigenvalue weighted by Crippen LogP contribution is 2.10. The number of aromatic amines is 1. The van der Waals surface area contributed by atoms with Crippen LogP contribution in [0, 0.1) is 0 Å². The van der Waals surface area contributed by atoms with Crippen molar-refractivity contribution in [3.05, 3.63) is 24.3 Å². The molecular formula is C7H5N2O-. The first-order chi connectivity index (χ1) is 4.86. The van der Waals surface area contributed by atoms with Crippen LogP contribution in [0.3, 0.4) is 0 Å². The highest BCUT2D eigenvalue weighted by molar-refractivity contribution is 5.75. The molecule has 3 heteroatoms. The van der Waals surface area contributed by atoms with Crippen LogP contribution in [0.1, 0.15) is 0 Å². The summed E-state index contributed by atoms with van der Waals surface area (Å²) < 4.78 is 0. The van der Waals surface area contributed by atoms with Crippen molar-refractivity contribution in [1.29, 1.82) is 0 Å². The first-order valence-corrected chi connectivity index (χ1v) is 2.98. The number of hydrogen-bond donors (Lipinski definition) is 1. The van der Waals surface area contributed by atoms with Crippen molar-refractivity contribution in [2.75, 3.05) is 0 Å². The molecule has 0 aliphatic rings. The van der Waals surface area contributed by atoms with Gasteiger partial charge in [0.1, 0.15) is 0 Å². The molecule has 0 aliphatic heterocycles. The summed E-state index contributed by atoms with van der Waals surface area (Å²) >= 11 is 0.